The topological polar surface area (TPSA) is 53.1 Å². The first-order chi connectivity index (χ1) is 14.7. The number of piperidine rings is 1. The Bertz CT molecular complexity index is 878. The van der Waals surface area contributed by atoms with Crippen LogP contribution in [0, 0.1) is 0 Å². The van der Waals surface area contributed by atoms with Gasteiger partial charge in [-0.3, -0.25) is 9.69 Å². The second kappa shape index (κ2) is 9.30. The van der Waals surface area contributed by atoms with Crippen molar-refractivity contribution >= 4 is 17.6 Å². The smallest absolute Gasteiger partial charge is 0.337 e. The molecule has 2 aliphatic heterocycles. The number of benzene rings is 2. The number of rotatable bonds is 4. The van der Waals surface area contributed by atoms with Gasteiger partial charge in [-0.05, 0) is 43.2 Å². The van der Waals surface area contributed by atoms with Crippen LogP contribution in [0.15, 0.2) is 54.6 Å². The van der Waals surface area contributed by atoms with Crippen molar-refractivity contribution in [1.29, 1.82) is 0 Å². The Hall–Kier alpha value is -2.86. The first kappa shape index (κ1) is 20.4. The Morgan fingerprint density at radius 3 is 2.37 bits per heavy atom. The maximum absolute atomic E-state index is 13.1. The van der Waals surface area contributed by atoms with E-state index in [1.807, 2.05) is 11.0 Å². The van der Waals surface area contributed by atoms with E-state index in [0.717, 1.165) is 52.1 Å². The molecule has 1 atom stereocenters. The number of methoxy groups -OCH3 is 1. The van der Waals surface area contributed by atoms with E-state index in [1.54, 1.807) is 24.3 Å². The molecular weight excluding hydrogens is 378 g/mol. The summed E-state index contributed by atoms with van der Waals surface area (Å²) in [6.45, 7) is 5.55. The highest BCUT2D eigenvalue weighted by atomic mass is 16.5. The van der Waals surface area contributed by atoms with Gasteiger partial charge in [-0.2, -0.15) is 0 Å². The molecule has 2 aromatic carbocycles. The summed E-state index contributed by atoms with van der Waals surface area (Å²) < 4.78 is 4.78. The van der Waals surface area contributed by atoms with Gasteiger partial charge in [0.25, 0.3) is 5.91 Å². The van der Waals surface area contributed by atoms with Gasteiger partial charge in [-0.1, -0.05) is 24.3 Å². The molecule has 2 aromatic rings. The van der Waals surface area contributed by atoms with Gasteiger partial charge >= 0.3 is 5.97 Å². The van der Waals surface area contributed by atoms with Gasteiger partial charge in [-0.25, -0.2) is 4.79 Å². The summed E-state index contributed by atoms with van der Waals surface area (Å²) in [6, 6.07) is 17.8. The molecule has 1 unspecified atom stereocenters. The minimum absolute atomic E-state index is 0.00613. The number of hydrogen-bond donors (Lipinski definition) is 0. The fraction of sp³-hybridized carbons (Fsp3) is 0.417. The SMILES string of the molecule is COC(=O)c1cccc(C(=O)N2CCCC(N3CCN(c4ccccc4)CC3)C2)c1. The number of nitrogens with zero attached hydrogens (tertiary/aromatic N) is 3. The summed E-state index contributed by atoms with van der Waals surface area (Å²) in [5, 5.41) is 0. The van der Waals surface area contributed by atoms with E-state index in [2.05, 4.69) is 34.1 Å². The van der Waals surface area contributed by atoms with E-state index in [4.69, 9.17) is 4.74 Å². The van der Waals surface area contributed by atoms with Crippen LogP contribution in [0.3, 0.4) is 0 Å². The molecule has 4 rings (SSSR count). The number of amides is 1. The number of ether oxygens (including phenoxy) is 1. The minimum atomic E-state index is -0.419. The number of para-hydroxylation sites is 1. The van der Waals surface area contributed by atoms with Crippen LogP contribution in [-0.4, -0.2) is 74.1 Å². The lowest BCUT2D eigenvalue weighted by molar-refractivity contribution is 0.0563. The number of hydrogen-bond acceptors (Lipinski definition) is 5. The van der Waals surface area contributed by atoms with E-state index < -0.39 is 5.97 Å². The zero-order valence-corrected chi connectivity index (χ0v) is 17.5. The second-order valence-electron chi connectivity index (χ2n) is 7.98. The van der Waals surface area contributed by atoms with Crippen LogP contribution in [0.2, 0.25) is 0 Å². The number of carbonyl (C=O) groups excluding carboxylic acids is 2. The van der Waals surface area contributed by atoms with Gasteiger partial charge in [0.1, 0.15) is 0 Å². The van der Waals surface area contributed by atoms with Crippen LogP contribution >= 0.6 is 0 Å². The first-order valence-corrected chi connectivity index (χ1v) is 10.7. The highest BCUT2D eigenvalue weighted by Crippen LogP contribution is 2.22. The number of esters is 1. The molecule has 0 spiro atoms. The normalized spacial score (nSPS) is 20.1. The van der Waals surface area contributed by atoms with Gasteiger partial charge in [0.2, 0.25) is 0 Å². The molecule has 0 N–H and O–H groups in total. The fourth-order valence-corrected chi connectivity index (χ4v) is 4.50. The van der Waals surface area contributed by atoms with Gasteiger partial charge in [0.05, 0.1) is 12.7 Å². The molecule has 2 aliphatic rings. The lowest BCUT2D eigenvalue weighted by Crippen LogP contribution is -2.55. The van der Waals surface area contributed by atoms with Crippen molar-refractivity contribution in [2.75, 3.05) is 51.3 Å². The number of carbonyl (C=O) groups is 2. The van der Waals surface area contributed by atoms with Crippen LogP contribution < -0.4 is 4.90 Å². The molecule has 158 valence electrons. The third-order valence-corrected chi connectivity index (χ3v) is 6.17. The highest BCUT2D eigenvalue weighted by molar-refractivity contribution is 5.98. The van der Waals surface area contributed by atoms with Gasteiger partial charge in [0.15, 0.2) is 0 Å². The van der Waals surface area contributed by atoms with Crippen molar-refractivity contribution in [1.82, 2.24) is 9.80 Å². The van der Waals surface area contributed by atoms with Gasteiger partial charge < -0.3 is 14.5 Å². The summed E-state index contributed by atoms with van der Waals surface area (Å²) >= 11 is 0. The summed E-state index contributed by atoms with van der Waals surface area (Å²) in [4.78, 5) is 31.8. The van der Waals surface area contributed by atoms with Crippen LogP contribution in [0.25, 0.3) is 0 Å². The van der Waals surface area contributed by atoms with E-state index >= 15 is 0 Å². The lowest BCUT2D eigenvalue weighted by Gasteiger charge is -2.44. The van der Waals surface area contributed by atoms with E-state index in [-0.39, 0.29) is 5.91 Å². The predicted octanol–water partition coefficient (Wildman–Crippen LogP) is 2.90. The van der Waals surface area contributed by atoms with Gasteiger partial charge in [-0.15, -0.1) is 0 Å². The van der Waals surface area contributed by atoms with Crippen molar-refractivity contribution in [3.05, 3.63) is 65.7 Å². The Morgan fingerprint density at radius 1 is 0.900 bits per heavy atom. The van der Waals surface area contributed by atoms with Crippen molar-refractivity contribution in [2.45, 2.75) is 18.9 Å². The van der Waals surface area contributed by atoms with E-state index in [9.17, 15) is 9.59 Å². The van der Waals surface area contributed by atoms with Crippen molar-refractivity contribution < 1.29 is 14.3 Å². The van der Waals surface area contributed by atoms with E-state index in [1.165, 1.54) is 12.8 Å². The molecule has 2 saturated heterocycles. The summed E-state index contributed by atoms with van der Waals surface area (Å²) in [6.07, 6.45) is 2.13. The number of likely N-dealkylation sites (tertiary alicyclic amines) is 1. The molecule has 0 saturated carbocycles. The Kier molecular flexibility index (Phi) is 6.33. The molecule has 2 fully saturated rings. The van der Waals surface area contributed by atoms with Crippen molar-refractivity contribution in [3.8, 4) is 0 Å². The third kappa shape index (κ3) is 4.49. The standard InChI is InChI=1S/C24H29N3O3/c1-30-24(29)20-8-5-7-19(17-20)23(28)27-12-6-11-22(18-27)26-15-13-25(14-16-26)21-9-3-2-4-10-21/h2-5,7-10,17,22H,6,11-16,18H2,1H3. The monoisotopic (exact) mass is 407 g/mol. The van der Waals surface area contributed by atoms with Crippen LogP contribution in [0.4, 0.5) is 5.69 Å². The number of anilines is 1. The van der Waals surface area contributed by atoms with Gasteiger partial charge in [0, 0.05) is 56.6 Å². The maximum atomic E-state index is 13.1. The molecule has 1 amide bonds. The molecule has 0 aliphatic carbocycles. The maximum Gasteiger partial charge on any atom is 0.337 e. The molecule has 2 heterocycles. The van der Waals surface area contributed by atoms with Crippen LogP contribution in [0.1, 0.15) is 33.6 Å². The Labute approximate surface area is 178 Å². The third-order valence-electron chi connectivity index (χ3n) is 6.17. The van der Waals surface area contributed by atoms with Crippen LogP contribution in [0.5, 0.6) is 0 Å². The second-order valence-corrected chi connectivity index (χ2v) is 7.98. The van der Waals surface area contributed by atoms with E-state index in [0.29, 0.717) is 17.2 Å². The van der Waals surface area contributed by atoms with Crippen molar-refractivity contribution in [3.63, 3.8) is 0 Å². The number of piperazine rings is 1. The molecule has 0 radical (unpaired) electrons. The fourth-order valence-electron chi connectivity index (χ4n) is 4.50. The molecule has 0 aromatic heterocycles. The largest absolute Gasteiger partial charge is 0.465 e. The van der Waals surface area contributed by atoms with Crippen molar-refractivity contribution in [2.24, 2.45) is 0 Å². The minimum Gasteiger partial charge on any atom is -0.465 e. The Balaban J connectivity index is 1.37. The summed E-state index contributed by atoms with van der Waals surface area (Å²) in [5.74, 6) is -0.425. The molecule has 0 bridgehead atoms. The molecule has 6 heteroatoms. The lowest BCUT2D eigenvalue weighted by atomic mass is 10.0. The van der Waals surface area contributed by atoms with Crippen LogP contribution in [-0.2, 0) is 4.74 Å². The quantitative estimate of drug-likeness (QED) is 0.730. The zero-order valence-electron chi connectivity index (χ0n) is 17.5. The average molecular weight is 408 g/mol. The first-order valence-electron chi connectivity index (χ1n) is 10.7. The predicted molar refractivity (Wildman–Crippen MR) is 117 cm³/mol. The zero-order chi connectivity index (χ0) is 20.9. The Morgan fingerprint density at radius 2 is 1.63 bits per heavy atom. The summed E-state index contributed by atoms with van der Waals surface area (Å²) in [7, 11) is 1.35. The average Bonchev–Trinajstić information content (AvgIpc) is 2.84. The molecule has 6 nitrogen and oxygen atoms in total. The molecule has 30 heavy (non-hydrogen) atoms. The highest BCUT2D eigenvalue weighted by Gasteiger charge is 2.30. The molecular formula is C24H29N3O3. The summed E-state index contributed by atoms with van der Waals surface area (Å²) in [5.41, 5.74) is 2.24.